The molecule has 1 unspecified atom stereocenters. The lowest BCUT2D eigenvalue weighted by Gasteiger charge is -2.12. The third kappa shape index (κ3) is 3.62. The van der Waals surface area contributed by atoms with Crippen molar-refractivity contribution in [1.29, 1.82) is 0 Å². The van der Waals surface area contributed by atoms with Gasteiger partial charge in [0.1, 0.15) is 5.69 Å². The molecule has 2 aromatic heterocycles. The highest BCUT2D eigenvalue weighted by Gasteiger charge is 2.34. The summed E-state index contributed by atoms with van der Waals surface area (Å²) < 4.78 is 91.5. The van der Waals surface area contributed by atoms with Crippen molar-refractivity contribution < 1.29 is 30.6 Å². The van der Waals surface area contributed by atoms with Gasteiger partial charge in [0, 0.05) is 19.0 Å². The predicted octanol–water partition coefficient (Wildman–Crippen LogP) is 4.80. The third-order valence-electron chi connectivity index (χ3n) is 4.11. The number of fused-ring (bicyclic) bond motifs is 1. The van der Waals surface area contributed by atoms with Crippen LogP contribution in [0.2, 0.25) is 0 Å². The van der Waals surface area contributed by atoms with E-state index in [4.69, 9.17) is 0 Å². The highest BCUT2D eigenvalue weighted by Crippen LogP contribution is 2.35. The number of alkyl halides is 6. The van der Waals surface area contributed by atoms with Crippen molar-refractivity contribution >= 4 is 21.8 Å². The Morgan fingerprint density at radius 3 is 2.25 bits per heavy atom. The molecule has 2 heterocycles. The zero-order chi connectivity index (χ0) is 20.9. The SMILES string of the molecule is CCS(=O)c1cc(C(F)(F)F)cnc1-c1nc2cc(C(F)(F)F)ccc2n1C. The standard InChI is InChI=1S/C17H13F6N3OS/c1-3-28(27)13-7-10(17(21,22)23)8-24-14(13)15-25-11-6-9(16(18,19)20)4-5-12(11)26(15)2/h4-8H,3H2,1-2H3. The van der Waals surface area contributed by atoms with Crippen LogP contribution in [0.25, 0.3) is 22.6 Å². The molecule has 0 spiro atoms. The number of aryl methyl sites for hydroxylation is 1. The van der Waals surface area contributed by atoms with Crippen LogP contribution in [0.5, 0.6) is 0 Å². The van der Waals surface area contributed by atoms with E-state index in [-0.39, 0.29) is 27.7 Å². The average Bonchev–Trinajstić information content (AvgIpc) is 2.95. The molecule has 28 heavy (non-hydrogen) atoms. The molecule has 0 fully saturated rings. The zero-order valence-electron chi connectivity index (χ0n) is 14.5. The first-order valence-electron chi connectivity index (χ1n) is 7.93. The average molecular weight is 421 g/mol. The van der Waals surface area contributed by atoms with Gasteiger partial charge < -0.3 is 4.57 Å². The van der Waals surface area contributed by atoms with E-state index in [0.29, 0.717) is 11.7 Å². The second kappa shape index (κ2) is 6.87. The summed E-state index contributed by atoms with van der Waals surface area (Å²) in [4.78, 5) is 7.73. The second-order valence-corrected chi connectivity index (χ2v) is 7.61. The van der Waals surface area contributed by atoms with Crippen molar-refractivity contribution in [2.24, 2.45) is 7.05 Å². The normalized spacial score (nSPS) is 13.9. The molecule has 1 aromatic carbocycles. The summed E-state index contributed by atoms with van der Waals surface area (Å²) in [7, 11) is -0.296. The first kappa shape index (κ1) is 20.3. The number of rotatable bonds is 3. The van der Waals surface area contributed by atoms with Gasteiger partial charge in [0.05, 0.1) is 37.9 Å². The molecule has 11 heteroatoms. The molecule has 0 saturated carbocycles. The highest BCUT2D eigenvalue weighted by molar-refractivity contribution is 7.85. The molecule has 4 nitrogen and oxygen atoms in total. The molecule has 0 bridgehead atoms. The quantitative estimate of drug-likeness (QED) is 0.571. The van der Waals surface area contributed by atoms with Crippen LogP contribution < -0.4 is 0 Å². The summed E-state index contributed by atoms with van der Waals surface area (Å²) >= 11 is 0. The van der Waals surface area contributed by atoms with E-state index in [9.17, 15) is 30.6 Å². The maximum atomic E-state index is 13.0. The molecule has 3 aromatic rings. The molecule has 0 aliphatic carbocycles. The van der Waals surface area contributed by atoms with E-state index in [2.05, 4.69) is 9.97 Å². The summed E-state index contributed by atoms with van der Waals surface area (Å²) in [5.74, 6) is 0.0675. The van der Waals surface area contributed by atoms with Crippen LogP contribution in [0.3, 0.4) is 0 Å². The van der Waals surface area contributed by atoms with Crippen LogP contribution in [-0.4, -0.2) is 24.5 Å². The van der Waals surface area contributed by atoms with Gasteiger partial charge in [-0.3, -0.25) is 9.19 Å². The molecule has 0 aliphatic rings. The molecule has 0 radical (unpaired) electrons. The van der Waals surface area contributed by atoms with Crippen LogP contribution in [0, 0.1) is 0 Å². The van der Waals surface area contributed by atoms with E-state index in [1.807, 2.05) is 0 Å². The second-order valence-electron chi connectivity index (χ2n) is 5.90. The molecule has 0 aliphatic heterocycles. The Morgan fingerprint density at radius 1 is 1.04 bits per heavy atom. The van der Waals surface area contributed by atoms with Crippen molar-refractivity contribution in [2.75, 3.05) is 5.75 Å². The number of benzene rings is 1. The van der Waals surface area contributed by atoms with Gasteiger partial charge in [0.15, 0.2) is 5.82 Å². The minimum absolute atomic E-state index is 0.00209. The molecule has 0 saturated heterocycles. The van der Waals surface area contributed by atoms with Crippen LogP contribution in [0.1, 0.15) is 18.1 Å². The molecule has 1 atom stereocenters. The lowest BCUT2D eigenvalue weighted by molar-refractivity contribution is -0.138. The Balaban J connectivity index is 2.24. The predicted molar refractivity (Wildman–Crippen MR) is 90.9 cm³/mol. The maximum absolute atomic E-state index is 13.0. The lowest BCUT2D eigenvalue weighted by Crippen LogP contribution is -2.10. The number of pyridine rings is 1. The van der Waals surface area contributed by atoms with Crippen molar-refractivity contribution in [3.8, 4) is 11.5 Å². The monoisotopic (exact) mass is 421 g/mol. The van der Waals surface area contributed by atoms with Gasteiger partial charge in [-0.2, -0.15) is 26.3 Å². The fourth-order valence-corrected chi connectivity index (χ4v) is 3.61. The Labute approximate surface area is 157 Å². The lowest BCUT2D eigenvalue weighted by atomic mass is 10.2. The first-order chi connectivity index (χ1) is 12.9. The Bertz CT molecular complexity index is 1070. The van der Waals surface area contributed by atoms with Crippen molar-refractivity contribution in [2.45, 2.75) is 24.2 Å². The summed E-state index contributed by atoms with van der Waals surface area (Å²) in [6.07, 6.45) is -8.65. The Morgan fingerprint density at radius 2 is 1.68 bits per heavy atom. The molecule has 0 N–H and O–H groups in total. The molecule has 0 amide bonds. The number of aromatic nitrogens is 3. The van der Waals surface area contributed by atoms with Gasteiger partial charge >= 0.3 is 12.4 Å². The minimum Gasteiger partial charge on any atom is -0.326 e. The number of nitrogens with zero attached hydrogens (tertiary/aromatic N) is 3. The van der Waals surface area contributed by atoms with Crippen molar-refractivity contribution in [1.82, 2.24) is 14.5 Å². The fourth-order valence-electron chi connectivity index (χ4n) is 2.68. The summed E-state index contributed by atoms with van der Waals surface area (Å²) in [5.41, 5.74) is -1.70. The maximum Gasteiger partial charge on any atom is 0.417 e. The van der Waals surface area contributed by atoms with E-state index in [0.717, 1.165) is 18.2 Å². The first-order valence-corrected chi connectivity index (χ1v) is 9.25. The van der Waals surface area contributed by atoms with E-state index < -0.39 is 34.3 Å². The van der Waals surface area contributed by atoms with Crippen LogP contribution in [0.4, 0.5) is 26.3 Å². The molecule has 3 rings (SSSR count). The Hall–Kier alpha value is -2.43. The van der Waals surface area contributed by atoms with Gasteiger partial charge in [0.2, 0.25) is 0 Å². The van der Waals surface area contributed by atoms with Gasteiger partial charge in [0.25, 0.3) is 0 Å². The molecule has 150 valence electrons. The van der Waals surface area contributed by atoms with Crippen LogP contribution in [-0.2, 0) is 30.2 Å². The highest BCUT2D eigenvalue weighted by atomic mass is 32.2. The Kier molecular flexibility index (Phi) is 4.98. The summed E-state index contributed by atoms with van der Waals surface area (Å²) in [5, 5.41) is 0. The number of hydrogen-bond acceptors (Lipinski definition) is 3. The number of imidazole rings is 1. The van der Waals surface area contributed by atoms with Gasteiger partial charge in [-0.15, -0.1) is 0 Å². The molecular formula is C17H13F6N3OS. The van der Waals surface area contributed by atoms with E-state index in [1.165, 1.54) is 24.6 Å². The largest absolute Gasteiger partial charge is 0.417 e. The smallest absolute Gasteiger partial charge is 0.326 e. The van der Waals surface area contributed by atoms with Gasteiger partial charge in [-0.25, -0.2) is 4.98 Å². The summed E-state index contributed by atoms with van der Waals surface area (Å²) in [6, 6.07) is 3.69. The van der Waals surface area contributed by atoms with Gasteiger partial charge in [-0.1, -0.05) is 6.92 Å². The van der Waals surface area contributed by atoms with Crippen LogP contribution >= 0.6 is 0 Å². The number of hydrogen-bond donors (Lipinski definition) is 0. The van der Waals surface area contributed by atoms with E-state index >= 15 is 0 Å². The van der Waals surface area contributed by atoms with Crippen LogP contribution in [0.15, 0.2) is 35.4 Å². The number of halogens is 6. The van der Waals surface area contributed by atoms with E-state index in [1.54, 1.807) is 0 Å². The van der Waals surface area contributed by atoms with Gasteiger partial charge in [-0.05, 0) is 24.3 Å². The molecular weight excluding hydrogens is 408 g/mol. The summed E-state index contributed by atoms with van der Waals surface area (Å²) in [6.45, 7) is 1.53. The van der Waals surface area contributed by atoms with Crippen molar-refractivity contribution in [3.63, 3.8) is 0 Å². The third-order valence-corrected chi connectivity index (χ3v) is 5.43. The topological polar surface area (TPSA) is 47.8 Å². The fraction of sp³-hybridized carbons (Fsp3) is 0.294. The zero-order valence-corrected chi connectivity index (χ0v) is 15.3. The minimum atomic E-state index is -4.67. The van der Waals surface area contributed by atoms with Crippen molar-refractivity contribution in [3.05, 3.63) is 41.6 Å².